The summed E-state index contributed by atoms with van der Waals surface area (Å²) in [7, 11) is 0. The summed E-state index contributed by atoms with van der Waals surface area (Å²) in [6.45, 7) is 4.44. The summed E-state index contributed by atoms with van der Waals surface area (Å²) in [5.74, 6) is 0.834. The van der Waals surface area contributed by atoms with E-state index in [2.05, 4.69) is 12.6 Å². The number of hydrogen-bond acceptors (Lipinski definition) is 1. The van der Waals surface area contributed by atoms with E-state index < -0.39 is 0 Å². The number of ether oxygens (including phenoxy) is 1. The molecule has 0 radical (unpaired) electrons. The average molecular weight is 279 g/mol. The van der Waals surface area contributed by atoms with Crippen LogP contribution in [0.5, 0.6) is 5.75 Å². The van der Waals surface area contributed by atoms with Gasteiger partial charge in [0.2, 0.25) is 0 Å². The molecule has 0 aromatic heterocycles. The molecular formula is C12H15BrMgO. The van der Waals surface area contributed by atoms with Crippen molar-refractivity contribution in [1.29, 1.82) is 0 Å². The number of halogens is 1. The predicted molar refractivity (Wildman–Crippen MR) is 60.6 cm³/mol. The number of allylic oxidation sites excluding steroid dienone is 1. The van der Waals surface area contributed by atoms with Gasteiger partial charge in [-0.1, -0.05) is 6.08 Å². The largest absolute Gasteiger partial charge is 2.00 e. The quantitative estimate of drug-likeness (QED) is 0.304. The summed E-state index contributed by atoms with van der Waals surface area (Å²) < 4.78 is 5.46. The number of hydrogen-bond donors (Lipinski definition) is 0. The van der Waals surface area contributed by atoms with Gasteiger partial charge in [-0.25, -0.2) is 0 Å². The van der Waals surface area contributed by atoms with Crippen LogP contribution in [0, 0.1) is 6.07 Å². The molecule has 0 spiro atoms. The van der Waals surface area contributed by atoms with Crippen LogP contribution in [0.1, 0.15) is 19.3 Å². The van der Waals surface area contributed by atoms with Gasteiger partial charge in [0.1, 0.15) is 0 Å². The number of para-hydroxylation sites is 1. The molecule has 0 atom stereocenters. The number of benzene rings is 1. The third-order valence-electron chi connectivity index (χ3n) is 1.74. The minimum Gasteiger partial charge on any atom is -1.00 e. The zero-order valence-corrected chi connectivity index (χ0v) is 11.9. The van der Waals surface area contributed by atoms with Gasteiger partial charge in [-0.05, 0) is 19.3 Å². The van der Waals surface area contributed by atoms with Crippen LogP contribution in [0.15, 0.2) is 36.9 Å². The van der Waals surface area contributed by atoms with Gasteiger partial charge in [0.15, 0.2) is 0 Å². The van der Waals surface area contributed by atoms with E-state index >= 15 is 0 Å². The van der Waals surface area contributed by atoms with Crippen molar-refractivity contribution >= 4 is 23.1 Å². The molecular weight excluding hydrogens is 264 g/mol. The normalized spacial score (nSPS) is 8.27. The van der Waals surface area contributed by atoms with Crippen LogP contribution in [-0.2, 0) is 0 Å². The monoisotopic (exact) mass is 278 g/mol. The molecule has 1 rings (SSSR count). The smallest absolute Gasteiger partial charge is 1.00 e. The van der Waals surface area contributed by atoms with Gasteiger partial charge in [-0.15, -0.1) is 18.7 Å². The SMILES string of the molecule is C=CCCCCOc1[c-]cccc1.[Br-].[Mg+2]. The molecule has 0 unspecified atom stereocenters. The molecule has 1 aromatic carbocycles. The Kier molecular flexibility index (Phi) is 14.0. The Morgan fingerprint density at radius 1 is 1.33 bits per heavy atom. The molecule has 0 saturated heterocycles. The van der Waals surface area contributed by atoms with E-state index in [0.717, 1.165) is 31.6 Å². The molecule has 0 aliphatic heterocycles. The zero-order valence-electron chi connectivity index (χ0n) is 8.92. The summed E-state index contributed by atoms with van der Waals surface area (Å²) in [5.41, 5.74) is 0. The fraction of sp³-hybridized carbons (Fsp3) is 0.333. The van der Waals surface area contributed by atoms with Crippen LogP contribution >= 0.6 is 0 Å². The molecule has 0 amide bonds. The molecule has 1 aromatic rings. The van der Waals surface area contributed by atoms with Crippen LogP contribution in [0.3, 0.4) is 0 Å². The number of rotatable bonds is 6. The van der Waals surface area contributed by atoms with E-state index in [0.29, 0.717) is 0 Å². The summed E-state index contributed by atoms with van der Waals surface area (Å²) >= 11 is 0. The van der Waals surface area contributed by atoms with Gasteiger partial charge in [-0.3, -0.25) is 0 Å². The molecule has 0 aliphatic rings. The summed E-state index contributed by atoms with van der Waals surface area (Å²) in [6.07, 6.45) is 5.24. The molecule has 0 N–H and O–H groups in total. The van der Waals surface area contributed by atoms with Crippen LogP contribution in [0.4, 0.5) is 0 Å². The summed E-state index contributed by atoms with van der Waals surface area (Å²) in [4.78, 5) is 0. The average Bonchev–Trinajstić information content (AvgIpc) is 2.19. The number of unbranched alkanes of at least 4 members (excludes halogenated alkanes) is 2. The first kappa shape index (κ1) is 17.4. The Bertz CT molecular complexity index is 239. The standard InChI is InChI=1S/C12H15O.BrH.Mg/c1-2-3-4-8-11-13-12-9-6-5-7-10-12;;/h2,5-7,9H,1,3-4,8,11H2;1H;/q-1;;+2/p-1. The van der Waals surface area contributed by atoms with Gasteiger partial charge in [0.05, 0.1) is 6.61 Å². The maximum atomic E-state index is 5.46. The molecule has 0 heterocycles. The summed E-state index contributed by atoms with van der Waals surface area (Å²) in [5, 5.41) is 0. The molecule has 0 saturated carbocycles. The van der Waals surface area contributed by atoms with Gasteiger partial charge >= 0.3 is 23.1 Å². The molecule has 3 heteroatoms. The topological polar surface area (TPSA) is 9.23 Å². The second kappa shape index (κ2) is 12.1. The van der Waals surface area contributed by atoms with Crippen molar-refractivity contribution in [3.63, 3.8) is 0 Å². The molecule has 0 aliphatic carbocycles. The van der Waals surface area contributed by atoms with Crippen molar-refractivity contribution < 1.29 is 21.7 Å². The predicted octanol–water partition coefficient (Wildman–Crippen LogP) is -0.155. The second-order valence-electron chi connectivity index (χ2n) is 2.86. The molecule has 0 bridgehead atoms. The first-order valence-electron chi connectivity index (χ1n) is 4.64. The van der Waals surface area contributed by atoms with Crippen molar-refractivity contribution in [1.82, 2.24) is 0 Å². The van der Waals surface area contributed by atoms with Gasteiger partial charge in [0.25, 0.3) is 0 Å². The molecule has 78 valence electrons. The maximum Gasteiger partial charge on any atom is 2.00 e. The van der Waals surface area contributed by atoms with Gasteiger partial charge < -0.3 is 21.7 Å². The third kappa shape index (κ3) is 8.97. The fourth-order valence-corrected chi connectivity index (χ4v) is 1.04. The van der Waals surface area contributed by atoms with E-state index in [9.17, 15) is 0 Å². The van der Waals surface area contributed by atoms with Crippen molar-refractivity contribution in [3.8, 4) is 5.75 Å². The van der Waals surface area contributed by atoms with Gasteiger partial charge in [-0.2, -0.15) is 18.2 Å². The van der Waals surface area contributed by atoms with Crippen molar-refractivity contribution in [2.75, 3.05) is 6.61 Å². The minimum atomic E-state index is 0. The first-order valence-corrected chi connectivity index (χ1v) is 4.64. The van der Waals surface area contributed by atoms with Crippen molar-refractivity contribution in [2.24, 2.45) is 0 Å². The minimum absolute atomic E-state index is 0. The Labute approximate surface area is 119 Å². The maximum absolute atomic E-state index is 5.46. The fourth-order valence-electron chi connectivity index (χ4n) is 1.04. The van der Waals surface area contributed by atoms with E-state index in [1.54, 1.807) is 0 Å². The van der Waals surface area contributed by atoms with Crippen LogP contribution in [0.2, 0.25) is 0 Å². The Hall–Kier alpha value is 0.00623. The molecule has 1 nitrogen and oxygen atoms in total. The van der Waals surface area contributed by atoms with Crippen molar-refractivity contribution in [2.45, 2.75) is 19.3 Å². The second-order valence-corrected chi connectivity index (χ2v) is 2.86. The van der Waals surface area contributed by atoms with Crippen LogP contribution < -0.4 is 21.7 Å². The van der Waals surface area contributed by atoms with Crippen molar-refractivity contribution in [3.05, 3.63) is 43.0 Å². The first-order chi connectivity index (χ1) is 6.43. The summed E-state index contributed by atoms with van der Waals surface area (Å²) in [6, 6.07) is 10.7. The zero-order chi connectivity index (χ0) is 9.36. The Balaban J connectivity index is 0. The van der Waals surface area contributed by atoms with E-state index in [-0.39, 0.29) is 40.0 Å². The van der Waals surface area contributed by atoms with E-state index in [1.165, 1.54) is 0 Å². The van der Waals surface area contributed by atoms with Crippen LogP contribution in [-0.4, -0.2) is 29.7 Å². The van der Waals surface area contributed by atoms with Crippen LogP contribution in [0.25, 0.3) is 0 Å². The Morgan fingerprint density at radius 3 is 2.73 bits per heavy atom. The van der Waals surface area contributed by atoms with Gasteiger partial charge in [0, 0.05) is 5.75 Å². The molecule has 15 heavy (non-hydrogen) atoms. The van der Waals surface area contributed by atoms with E-state index in [4.69, 9.17) is 4.74 Å². The Morgan fingerprint density at radius 2 is 2.13 bits per heavy atom. The molecule has 0 fully saturated rings. The third-order valence-corrected chi connectivity index (χ3v) is 1.74. The van der Waals surface area contributed by atoms with E-state index in [1.807, 2.05) is 30.3 Å².